The third kappa shape index (κ3) is 4.36. The second-order valence-electron chi connectivity index (χ2n) is 6.67. The molecule has 2 aliphatic rings. The smallest absolute Gasteiger partial charge is 0.288 e. The summed E-state index contributed by atoms with van der Waals surface area (Å²) in [6.45, 7) is 4.30. The third-order valence-electron chi connectivity index (χ3n) is 4.70. The number of imide groups is 1. The Kier molecular flexibility index (Phi) is 6.16. The van der Waals surface area contributed by atoms with Gasteiger partial charge in [-0.25, -0.2) is 5.01 Å². The van der Waals surface area contributed by atoms with E-state index in [4.69, 9.17) is 0 Å². The van der Waals surface area contributed by atoms with Crippen LogP contribution in [0.15, 0.2) is 22.4 Å². The Morgan fingerprint density at radius 2 is 2.04 bits per heavy atom. The fourth-order valence-corrected chi connectivity index (χ4v) is 4.84. The molecule has 1 aromatic rings. The zero-order valence-electron chi connectivity index (χ0n) is 14.9. The lowest BCUT2D eigenvalue weighted by molar-refractivity contribution is -0.130. The summed E-state index contributed by atoms with van der Waals surface area (Å²) in [6.07, 6.45) is 5.12. The molecule has 2 fully saturated rings. The van der Waals surface area contributed by atoms with E-state index in [2.05, 4.69) is 19.3 Å². The number of hydrazine groups is 1. The first-order valence-electron chi connectivity index (χ1n) is 8.82. The molecule has 1 aromatic heterocycles. The molecule has 0 spiro atoms. The summed E-state index contributed by atoms with van der Waals surface area (Å²) >= 11 is 2.44. The largest absolute Gasteiger partial charge is 0.293 e. The van der Waals surface area contributed by atoms with Crippen molar-refractivity contribution in [1.82, 2.24) is 15.3 Å². The molecule has 0 aliphatic carbocycles. The Morgan fingerprint density at radius 1 is 1.31 bits per heavy atom. The van der Waals surface area contributed by atoms with Crippen molar-refractivity contribution in [2.24, 2.45) is 0 Å². The van der Waals surface area contributed by atoms with Gasteiger partial charge in [0.15, 0.2) is 0 Å². The first kappa shape index (κ1) is 19.1. The normalized spacial score (nSPS) is 25.9. The van der Waals surface area contributed by atoms with Crippen LogP contribution in [-0.4, -0.2) is 45.6 Å². The van der Waals surface area contributed by atoms with E-state index in [1.165, 1.54) is 17.8 Å². The minimum absolute atomic E-state index is 0.106. The maximum atomic E-state index is 12.4. The molecular formula is C18H23N3O3S2. The fourth-order valence-electron chi connectivity index (χ4n) is 3.25. The number of carbonyl (C=O) groups excluding carboxylic acids is 3. The molecule has 3 rings (SSSR count). The third-order valence-corrected chi connectivity index (χ3v) is 6.43. The summed E-state index contributed by atoms with van der Waals surface area (Å²) in [6, 6.07) is 4.39. The van der Waals surface area contributed by atoms with Gasteiger partial charge in [0.05, 0.1) is 4.91 Å². The van der Waals surface area contributed by atoms with Gasteiger partial charge in [0, 0.05) is 29.9 Å². The monoisotopic (exact) mass is 393 g/mol. The first-order valence-corrected chi connectivity index (χ1v) is 10.5. The van der Waals surface area contributed by atoms with Crippen molar-refractivity contribution in [3.05, 3.63) is 27.3 Å². The van der Waals surface area contributed by atoms with Crippen LogP contribution in [0.5, 0.6) is 0 Å². The highest BCUT2D eigenvalue weighted by Crippen LogP contribution is 2.33. The molecule has 0 unspecified atom stereocenters. The van der Waals surface area contributed by atoms with E-state index in [1.807, 2.05) is 22.5 Å². The van der Waals surface area contributed by atoms with Crippen molar-refractivity contribution < 1.29 is 14.4 Å². The highest BCUT2D eigenvalue weighted by Gasteiger charge is 2.35. The Balaban J connectivity index is 1.55. The van der Waals surface area contributed by atoms with E-state index < -0.39 is 0 Å². The van der Waals surface area contributed by atoms with Crippen molar-refractivity contribution in [3.8, 4) is 0 Å². The van der Waals surface area contributed by atoms with Gasteiger partial charge >= 0.3 is 0 Å². The summed E-state index contributed by atoms with van der Waals surface area (Å²) in [7, 11) is 0. The number of piperidine rings is 1. The van der Waals surface area contributed by atoms with Gasteiger partial charge in [-0.05, 0) is 56.0 Å². The van der Waals surface area contributed by atoms with E-state index in [0.717, 1.165) is 34.4 Å². The molecular weight excluding hydrogens is 370 g/mol. The average Bonchev–Trinajstić information content (AvgIpc) is 3.19. The second kappa shape index (κ2) is 8.37. The molecule has 140 valence electrons. The lowest BCUT2D eigenvalue weighted by Crippen LogP contribution is -2.54. The van der Waals surface area contributed by atoms with Gasteiger partial charge in [-0.3, -0.25) is 24.7 Å². The van der Waals surface area contributed by atoms with Gasteiger partial charge in [0.1, 0.15) is 0 Å². The van der Waals surface area contributed by atoms with Gasteiger partial charge in [-0.2, -0.15) is 0 Å². The number of hydrogen-bond acceptors (Lipinski definition) is 6. The van der Waals surface area contributed by atoms with Crippen LogP contribution in [-0.2, 0) is 9.59 Å². The van der Waals surface area contributed by atoms with Crippen LogP contribution in [0.25, 0.3) is 6.08 Å². The molecule has 26 heavy (non-hydrogen) atoms. The Hall–Kier alpha value is -1.64. The van der Waals surface area contributed by atoms with Crippen molar-refractivity contribution in [3.63, 3.8) is 0 Å². The van der Waals surface area contributed by atoms with E-state index in [-0.39, 0.29) is 30.0 Å². The van der Waals surface area contributed by atoms with E-state index in [0.29, 0.717) is 17.0 Å². The number of thiophene rings is 1. The molecule has 0 bridgehead atoms. The summed E-state index contributed by atoms with van der Waals surface area (Å²) in [5.74, 6) is -0.479. The van der Waals surface area contributed by atoms with Gasteiger partial charge in [0.25, 0.3) is 11.1 Å². The van der Waals surface area contributed by atoms with Gasteiger partial charge in [-0.1, -0.05) is 12.5 Å². The lowest BCUT2D eigenvalue weighted by atomic mass is 10.00. The van der Waals surface area contributed by atoms with Crippen LogP contribution in [0.4, 0.5) is 4.79 Å². The van der Waals surface area contributed by atoms with E-state index in [9.17, 15) is 14.4 Å². The zero-order valence-corrected chi connectivity index (χ0v) is 16.6. The standard InChI is InChI=1S/C18H23N3O3S2/c1-12-5-3-6-13(2)21(12)19-16(22)8-9-20-17(23)15(26-18(20)24)11-14-7-4-10-25-14/h4,7,10-13H,3,5-6,8-9H2,1-2H3,(H,19,22)/b15-11-/t12-,13+. The number of carbonyl (C=O) groups is 3. The predicted octanol–water partition coefficient (Wildman–Crippen LogP) is 3.47. The molecule has 2 atom stereocenters. The summed E-state index contributed by atoms with van der Waals surface area (Å²) in [4.78, 5) is 39.3. The van der Waals surface area contributed by atoms with Crippen LogP contribution in [0.3, 0.4) is 0 Å². The average molecular weight is 394 g/mol. The summed E-state index contributed by atoms with van der Waals surface area (Å²) in [5, 5.41) is 3.60. The van der Waals surface area contributed by atoms with Gasteiger partial charge in [0.2, 0.25) is 5.91 Å². The predicted molar refractivity (Wildman–Crippen MR) is 104 cm³/mol. The molecule has 2 saturated heterocycles. The maximum absolute atomic E-state index is 12.4. The minimum Gasteiger partial charge on any atom is -0.288 e. The topological polar surface area (TPSA) is 69.7 Å². The molecule has 1 N–H and O–H groups in total. The number of amides is 3. The molecule has 0 saturated carbocycles. The highest BCUT2D eigenvalue weighted by molar-refractivity contribution is 8.18. The van der Waals surface area contributed by atoms with Crippen molar-refractivity contribution in [2.75, 3.05) is 6.54 Å². The highest BCUT2D eigenvalue weighted by atomic mass is 32.2. The molecule has 3 amide bonds. The lowest BCUT2D eigenvalue weighted by Gasteiger charge is -2.38. The fraction of sp³-hybridized carbons (Fsp3) is 0.500. The van der Waals surface area contributed by atoms with Crippen molar-refractivity contribution in [1.29, 1.82) is 0 Å². The van der Waals surface area contributed by atoms with E-state index in [1.54, 1.807) is 6.08 Å². The number of nitrogens with zero attached hydrogens (tertiary/aromatic N) is 2. The Morgan fingerprint density at radius 3 is 2.69 bits per heavy atom. The van der Waals surface area contributed by atoms with Gasteiger partial charge < -0.3 is 0 Å². The van der Waals surface area contributed by atoms with E-state index >= 15 is 0 Å². The quantitative estimate of drug-likeness (QED) is 0.776. The van der Waals surface area contributed by atoms with Crippen LogP contribution in [0.1, 0.15) is 44.4 Å². The first-order chi connectivity index (χ1) is 12.5. The molecule has 6 nitrogen and oxygen atoms in total. The van der Waals surface area contributed by atoms with Crippen LogP contribution in [0, 0.1) is 0 Å². The molecule has 2 aliphatic heterocycles. The molecule has 0 aromatic carbocycles. The molecule has 3 heterocycles. The van der Waals surface area contributed by atoms with Crippen LogP contribution >= 0.6 is 23.1 Å². The SMILES string of the molecule is C[C@@H]1CCC[C@H](C)N1NC(=O)CCN1C(=O)S/C(=C\c2cccs2)C1=O. The molecule has 8 heteroatoms. The van der Waals surface area contributed by atoms with Crippen molar-refractivity contribution >= 4 is 46.2 Å². The van der Waals surface area contributed by atoms with Crippen LogP contribution in [0.2, 0.25) is 0 Å². The number of thioether (sulfide) groups is 1. The number of hydrogen-bond donors (Lipinski definition) is 1. The van der Waals surface area contributed by atoms with Gasteiger partial charge in [-0.15, -0.1) is 11.3 Å². The summed E-state index contributed by atoms with van der Waals surface area (Å²) in [5.41, 5.74) is 2.94. The Bertz CT molecular complexity index is 707. The minimum atomic E-state index is -0.319. The van der Waals surface area contributed by atoms with Crippen molar-refractivity contribution in [2.45, 2.75) is 51.6 Å². The van der Waals surface area contributed by atoms with Crippen LogP contribution < -0.4 is 5.43 Å². The summed E-state index contributed by atoms with van der Waals surface area (Å²) < 4.78 is 0. The number of nitrogens with one attached hydrogen (secondary N) is 1. The molecule has 0 radical (unpaired) electrons. The second-order valence-corrected chi connectivity index (χ2v) is 8.64. The maximum Gasteiger partial charge on any atom is 0.293 e. The Labute approximate surface area is 161 Å². The number of rotatable bonds is 5. The zero-order chi connectivity index (χ0) is 18.7.